The lowest BCUT2D eigenvalue weighted by Gasteiger charge is -2.32. The van der Waals surface area contributed by atoms with Crippen LogP contribution >= 0.6 is 11.6 Å². The number of hydrogen-bond acceptors (Lipinski definition) is 4. The van der Waals surface area contributed by atoms with E-state index in [2.05, 4.69) is 22.5 Å². The molecule has 0 aliphatic carbocycles. The third-order valence-corrected chi connectivity index (χ3v) is 4.92. The summed E-state index contributed by atoms with van der Waals surface area (Å²) in [5.74, 6) is -0.564. The monoisotopic (exact) mass is 381 g/mol. The summed E-state index contributed by atoms with van der Waals surface area (Å²) in [6.45, 7) is 9.61. The van der Waals surface area contributed by atoms with E-state index < -0.39 is 6.04 Å². The highest BCUT2D eigenvalue weighted by atomic mass is 35.5. The van der Waals surface area contributed by atoms with E-state index >= 15 is 0 Å². The number of benzene rings is 1. The quantitative estimate of drug-likeness (QED) is 0.757. The van der Waals surface area contributed by atoms with Gasteiger partial charge in [0, 0.05) is 25.7 Å². The molecule has 1 fully saturated rings. The van der Waals surface area contributed by atoms with E-state index in [0.717, 1.165) is 26.3 Å². The van der Waals surface area contributed by atoms with Crippen LogP contribution < -0.4 is 10.6 Å². The highest BCUT2D eigenvalue weighted by molar-refractivity contribution is 6.33. The van der Waals surface area contributed by atoms with Gasteiger partial charge in [0.2, 0.25) is 5.91 Å². The fourth-order valence-corrected chi connectivity index (χ4v) is 3.13. The van der Waals surface area contributed by atoms with Crippen molar-refractivity contribution in [3.05, 3.63) is 34.9 Å². The minimum absolute atomic E-state index is 0.0415. The van der Waals surface area contributed by atoms with Crippen LogP contribution in [0.15, 0.2) is 24.3 Å². The molecular formula is C19H28ClN3O3. The van der Waals surface area contributed by atoms with Crippen molar-refractivity contribution in [2.24, 2.45) is 5.92 Å². The van der Waals surface area contributed by atoms with E-state index in [4.69, 9.17) is 16.3 Å². The lowest BCUT2D eigenvalue weighted by Crippen LogP contribution is -2.53. The van der Waals surface area contributed by atoms with E-state index in [9.17, 15) is 9.59 Å². The van der Waals surface area contributed by atoms with Gasteiger partial charge in [-0.3, -0.25) is 14.5 Å². The van der Waals surface area contributed by atoms with Crippen molar-refractivity contribution in [1.82, 2.24) is 15.5 Å². The average molecular weight is 382 g/mol. The number of carbonyl (C=O) groups is 2. The largest absolute Gasteiger partial charge is 0.379 e. The second kappa shape index (κ2) is 9.90. The molecule has 1 aliphatic heterocycles. The van der Waals surface area contributed by atoms with Gasteiger partial charge in [0.1, 0.15) is 6.04 Å². The third kappa shape index (κ3) is 5.69. The molecule has 1 aromatic carbocycles. The first kappa shape index (κ1) is 20.7. The summed E-state index contributed by atoms with van der Waals surface area (Å²) >= 11 is 6.07. The van der Waals surface area contributed by atoms with Crippen LogP contribution in [0.3, 0.4) is 0 Å². The maximum Gasteiger partial charge on any atom is 0.253 e. The maximum atomic E-state index is 12.6. The Balaban J connectivity index is 1.92. The summed E-state index contributed by atoms with van der Waals surface area (Å²) in [5, 5.41) is 6.14. The van der Waals surface area contributed by atoms with Gasteiger partial charge < -0.3 is 15.4 Å². The number of amides is 2. The normalized spacial score (nSPS) is 17.6. The van der Waals surface area contributed by atoms with Gasteiger partial charge in [-0.1, -0.05) is 37.6 Å². The second-order valence-corrected chi connectivity index (χ2v) is 7.32. The van der Waals surface area contributed by atoms with Gasteiger partial charge in [0.15, 0.2) is 0 Å². The Morgan fingerprint density at radius 2 is 1.85 bits per heavy atom. The smallest absolute Gasteiger partial charge is 0.253 e. The number of rotatable bonds is 7. The van der Waals surface area contributed by atoms with Crippen LogP contribution in [-0.4, -0.2) is 61.6 Å². The standard InChI is InChI=1S/C19H28ClN3O3/c1-13(2)17(22-18(24)15-6-4-5-7-16(15)20)19(25)21-12-14(3)23-8-10-26-11-9-23/h4-7,13-14,17H,8-12H2,1-3H3,(H,21,25)(H,22,24). The molecule has 1 heterocycles. The number of halogens is 1. The maximum absolute atomic E-state index is 12.6. The van der Waals surface area contributed by atoms with Crippen LogP contribution in [0, 0.1) is 5.92 Å². The van der Waals surface area contributed by atoms with Gasteiger partial charge in [-0.15, -0.1) is 0 Å². The van der Waals surface area contributed by atoms with E-state index in [-0.39, 0.29) is 23.8 Å². The molecule has 7 heteroatoms. The van der Waals surface area contributed by atoms with Gasteiger partial charge in [0.25, 0.3) is 5.91 Å². The number of hydrogen-bond donors (Lipinski definition) is 2. The zero-order valence-electron chi connectivity index (χ0n) is 15.6. The molecule has 144 valence electrons. The Hall–Kier alpha value is -1.63. The van der Waals surface area contributed by atoms with Gasteiger partial charge in [-0.2, -0.15) is 0 Å². The molecule has 1 aliphatic rings. The van der Waals surface area contributed by atoms with Crippen molar-refractivity contribution >= 4 is 23.4 Å². The number of morpholine rings is 1. The summed E-state index contributed by atoms with van der Waals surface area (Å²) in [5.41, 5.74) is 0.370. The van der Waals surface area contributed by atoms with Crippen LogP contribution in [0.1, 0.15) is 31.1 Å². The molecule has 2 rings (SSSR count). The number of nitrogens with one attached hydrogen (secondary N) is 2. The summed E-state index contributed by atoms with van der Waals surface area (Å²) < 4.78 is 5.35. The minimum Gasteiger partial charge on any atom is -0.379 e. The van der Waals surface area contributed by atoms with Crippen molar-refractivity contribution in [3.8, 4) is 0 Å². The molecule has 2 N–H and O–H groups in total. The molecule has 2 unspecified atom stereocenters. The SMILES string of the molecule is CC(C)C(NC(=O)c1ccccc1Cl)C(=O)NCC(C)N1CCOCC1. The van der Waals surface area contributed by atoms with Crippen LogP contribution in [0.2, 0.25) is 5.02 Å². The molecule has 0 bridgehead atoms. The highest BCUT2D eigenvalue weighted by Crippen LogP contribution is 2.15. The molecule has 0 spiro atoms. The van der Waals surface area contributed by atoms with Crippen molar-refractivity contribution in [2.45, 2.75) is 32.9 Å². The van der Waals surface area contributed by atoms with Gasteiger partial charge in [0.05, 0.1) is 23.8 Å². The predicted octanol–water partition coefficient (Wildman–Crippen LogP) is 1.93. The Morgan fingerprint density at radius 3 is 2.46 bits per heavy atom. The lowest BCUT2D eigenvalue weighted by molar-refractivity contribution is -0.124. The van der Waals surface area contributed by atoms with E-state index in [0.29, 0.717) is 17.1 Å². The predicted molar refractivity (Wildman–Crippen MR) is 102 cm³/mol. The Labute approximate surface area is 160 Å². The topological polar surface area (TPSA) is 70.7 Å². The zero-order chi connectivity index (χ0) is 19.1. The highest BCUT2D eigenvalue weighted by Gasteiger charge is 2.26. The molecule has 0 aromatic heterocycles. The first-order valence-electron chi connectivity index (χ1n) is 9.05. The Kier molecular flexibility index (Phi) is 7.87. The molecule has 1 aromatic rings. The molecule has 1 saturated heterocycles. The minimum atomic E-state index is -0.615. The number of carbonyl (C=O) groups excluding carboxylic acids is 2. The molecule has 0 radical (unpaired) electrons. The zero-order valence-corrected chi connectivity index (χ0v) is 16.4. The fraction of sp³-hybridized carbons (Fsp3) is 0.579. The van der Waals surface area contributed by atoms with Gasteiger partial charge >= 0.3 is 0 Å². The average Bonchev–Trinajstić information content (AvgIpc) is 2.64. The number of ether oxygens (including phenoxy) is 1. The summed E-state index contributed by atoms with van der Waals surface area (Å²) in [7, 11) is 0. The molecule has 26 heavy (non-hydrogen) atoms. The first-order valence-corrected chi connectivity index (χ1v) is 9.43. The second-order valence-electron chi connectivity index (χ2n) is 6.92. The molecule has 0 saturated carbocycles. The van der Waals surface area contributed by atoms with Crippen LogP contribution in [-0.2, 0) is 9.53 Å². The fourth-order valence-electron chi connectivity index (χ4n) is 2.90. The van der Waals surface area contributed by atoms with Crippen LogP contribution in [0.4, 0.5) is 0 Å². The van der Waals surface area contributed by atoms with Crippen molar-refractivity contribution in [2.75, 3.05) is 32.8 Å². The molecule has 6 nitrogen and oxygen atoms in total. The molecule has 2 amide bonds. The lowest BCUT2D eigenvalue weighted by atomic mass is 10.0. The molecular weight excluding hydrogens is 354 g/mol. The molecule has 2 atom stereocenters. The van der Waals surface area contributed by atoms with Crippen molar-refractivity contribution < 1.29 is 14.3 Å². The van der Waals surface area contributed by atoms with Gasteiger partial charge in [-0.25, -0.2) is 0 Å². The van der Waals surface area contributed by atoms with Crippen molar-refractivity contribution in [3.63, 3.8) is 0 Å². The van der Waals surface area contributed by atoms with E-state index in [1.807, 2.05) is 13.8 Å². The van der Waals surface area contributed by atoms with Crippen molar-refractivity contribution in [1.29, 1.82) is 0 Å². The third-order valence-electron chi connectivity index (χ3n) is 4.59. The van der Waals surface area contributed by atoms with Crippen LogP contribution in [0.5, 0.6) is 0 Å². The summed E-state index contributed by atoms with van der Waals surface area (Å²) in [4.78, 5) is 27.4. The Morgan fingerprint density at radius 1 is 1.19 bits per heavy atom. The van der Waals surface area contributed by atoms with E-state index in [1.165, 1.54) is 0 Å². The van der Waals surface area contributed by atoms with Crippen LogP contribution in [0.25, 0.3) is 0 Å². The Bertz CT molecular complexity index is 618. The summed E-state index contributed by atoms with van der Waals surface area (Å²) in [6.07, 6.45) is 0. The number of nitrogens with zero attached hydrogens (tertiary/aromatic N) is 1. The summed E-state index contributed by atoms with van der Waals surface area (Å²) in [6, 6.07) is 6.41. The van der Waals surface area contributed by atoms with Gasteiger partial charge in [-0.05, 0) is 25.0 Å². The van der Waals surface area contributed by atoms with E-state index in [1.54, 1.807) is 24.3 Å². The first-order chi connectivity index (χ1) is 12.4.